The summed E-state index contributed by atoms with van der Waals surface area (Å²) < 4.78 is 1.70. The first kappa shape index (κ1) is 17.0. The van der Waals surface area contributed by atoms with Crippen molar-refractivity contribution >= 4 is 29.1 Å². The Balaban J connectivity index is 1.63. The van der Waals surface area contributed by atoms with Gasteiger partial charge in [-0.3, -0.25) is 4.79 Å². The molecule has 1 atom stereocenters. The number of amides is 1. The average molecular weight is 367 g/mol. The molecule has 3 heterocycles. The van der Waals surface area contributed by atoms with Crippen LogP contribution in [0.4, 0.5) is 5.69 Å². The van der Waals surface area contributed by atoms with Gasteiger partial charge in [-0.05, 0) is 38.5 Å². The van der Waals surface area contributed by atoms with E-state index in [9.17, 15) is 4.79 Å². The topological polar surface area (TPSA) is 63.4 Å². The van der Waals surface area contributed by atoms with Crippen molar-refractivity contribution in [1.29, 1.82) is 0 Å². The molecule has 26 heavy (non-hydrogen) atoms. The second-order valence-electron chi connectivity index (χ2n) is 6.69. The number of fused-ring (bicyclic) bond motifs is 2. The molecule has 0 saturated carbocycles. The van der Waals surface area contributed by atoms with Crippen molar-refractivity contribution in [3.05, 3.63) is 47.5 Å². The van der Waals surface area contributed by atoms with Gasteiger partial charge in [0.05, 0.1) is 12.1 Å². The van der Waals surface area contributed by atoms with E-state index in [1.807, 2.05) is 54.8 Å². The Hall–Kier alpha value is -2.41. The molecule has 1 amide bonds. The zero-order valence-electron chi connectivity index (χ0n) is 15.1. The quantitative estimate of drug-likeness (QED) is 0.696. The van der Waals surface area contributed by atoms with Crippen molar-refractivity contribution in [2.45, 2.75) is 43.8 Å². The fourth-order valence-electron chi connectivity index (χ4n) is 3.26. The van der Waals surface area contributed by atoms with Gasteiger partial charge in [0.25, 0.3) is 5.78 Å². The summed E-state index contributed by atoms with van der Waals surface area (Å²) in [6.07, 6.45) is 1.14. The summed E-state index contributed by atoms with van der Waals surface area (Å²) in [6.45, 7) is 6.81. The zero-order valence-corrected chi connectivity index (χ0v) is 16.0. The van der Waals surface area contributed by atoms with Crippen LogP contribution in [0.25, 0.3) is 5.78 Å². The lowest BCUT2D eigenvalue weighted by molar-refractivity contribution is -0.118. The number of thioether (sulfide) groups is 1. The van der Waals surface area contributed by atoms with Gasteiger partial charge in [-0.15, -0.1) is 16.9 Å². The van der Waals surface area contributed by atoms with Crippen molar-refractivity contribution in [3.63, 3.8) is 0 Å². The molecule has 0 radical (unpaired) electrons. The predicted molar refractivity (Wildman–Crippen MR) is 103 cm³/mol. The van der Waals surface area contributed by atoms with E-state index < -0.39 is 0 Å². The van der Waals surface area contributed by atoms with Crippen LogP contribution in [0, 0.1) is 13.8 Å². The van der Waals surface area contributed by atoms with Gasteiger partial charge in [-0.25, -0.2) is 9.50 Å². The highest BCUT2D eigenvalue weighted by molar-refractivity contribution is 8.00. The van der Waals surface area contributed by atoms with Gasteiger partial charge >= 0.3 is 0 Å². The molecule has 134 valence electrons. The lowest BCUT2D eigenvalue weighted by Gasteiger charge is -2.21. The Kier molecular flexibility index (Phi) is 4.40. The molecule has 0 bridgehead atoms. The highest BCUT2D eigenvalue weighted by Gasteiger charge is 2.25. The monoisotopic (exact) mass is 367 g/mol. The van der Waals surface area contributed by atoms with Crippen molar-refractivity contribution < 1.29 is 4.79 Å². The molecular formula is C19H21N5OS. The number of aryl methyl sites for hydroxylation is 2. The molecule has 2 aromatic heterocycles. The number of aromatic nitrogens is 4. The van der Waals surface area contributed by atoms with E-state index in [0.717, 1.165) is 28.4 Å². The Labute approximate surface area is 156 Å². The minimum atomic E-state index is 0.0254. The van der Waals surface area contributed by atoms with E-state index in [4.69, 9.17) is 0 Å². The van der Waals surface area contributed by atoms with Crippen molar-refractivity contribution in [2.24, 2.45) is 0 Å². The van der Waals surface area contributed by atoms with E-state index in [0.29, 0.717) is 23.4 Å². The highest BCUT2D eigenvalue weighted by Crippen LogP contribution is 2.37. The standard InChI is InChI=1S/C19H21N5OS/c1-12-10-13(2)24-19(20-12)21-17(22-24)11-18(25)23-9-8-14(3)26-16-7-5-4-6-15(16)23/h4-7,10,14H,8-9,11H2,1-3H3. The third kappa shape index (κ3) is 3.19. The average Bonchev–Trinajstić information content (AvgIpc) is 2.90. The number of carbonyl (C=O) groups excluding carboxylic acids is 1. The third-order valence-electron chi connectivity index (χ3n) is 4.52. The fraction of sp³-hybridized carbons (Fsp3) is 0.368. The summed E-state index contributed by atoms with van der Waals surface area (Å²) in [7, 11) is 0. The summed E-state index contributed by atoms with van der Waals surface area (Å²) in [5.41, 5.74) is 2.84. The molecule has 0 saturated heterocycles. The van der Waals surface area contributed by atoms with Gasteiger partial charge in [0, 0.05) is 28.1 Å². The van der Waals surface area contributed by atoms with Crippen LogP contribution in [-0.4, -0.2) is 37.3 Å². The molecule has 0 N–H and O–H groups in total. The van der Waals surface area contributed by atoms with E-state index in [1.54, 1.807) is 4.52 Å². The summed E-state index contributed by atoms with van der Waals surface area (Å²) in [5, 5.41) is 4.96. The molecular weight excluding hydrogens is 346 g/mol. The number of para-hydroxylation sites is 1. The largest absolute Gasteiger partial charge is 0.311 e. The molecule has 1 aromatic carbocycles. The van der Waals surface area contributed by atoms with Crippen LogP contribution in [0.1, 0.15) is 30.6 Å². The summed E-state index contributed by atoms with van der Waals surface area (Å²) in [6, 6.07) is 10.1. The maximum absolute atomic E-state index is 13.0. The Morgan fingerprint density at radius 1 is 1.27 bits per heavy atom. The number of hydrogen-bond acceptors (Lipinski definition) is 5. The number of hydrogen-bond donors (Lipinski definition) is 0. The number of benzene rings is 1. The Bertz CT molecular complexity index is 983. The molecule has 1 aliphatic rings. The van der Waals surface area contributed by atoms with Gasteiger partial charge in [-0.2, -0.15) is 4.98 Å². The molecule has 0 fully saturated rings. The van der Waals surface area contributed by atoms with Gasteiger partial charge < -0.3 is 4.90 Å². The molecule has 0 spiro atoms. The molecule has 6 nitrogen and oxygen atoms in total. The second kappa shape index (κ2) is 6.72. The van der Waals surface area contributed by atoms with Crippen molar-refractivity contribution in [1.82, 2.24) is 19.6 Å². The minimum absolute atomic E-state index is 0.0254. The van der Waals surface area contributed by atoms with Gasteiger partial charge in [0.2, 0.25) is 5.91 Å². The Morgan fingerprint density at radius 3 is 2.92 bits per heavy atom. The van der Waals surface area contributed by atoms with E-state index in [-0.39, 0.29) is 12.3 Å². The molecule has 1 unspecified atom stereocenters. The van der Waals surface area contributed by atoms with E-state index in [2.05, 4.69) is 28.1 Å². The molecule has 0 aliphatic carbocycles. The minimum Gasteiger partial charge on any atom is -0.311 e. The molecule has 3 aromatic rings. The maximum Gasteiger partial charge on any atom is 0.252 e. The third-order valence-corrected chi connectivity index (χ3v) is 5.75. The summed E-state index contributed by atoms with van der Waals surface area (Å²) in [4.78, 5) is 24.9. The predicted octanol–water partition coefficient (Wildman–Crippen LogP) is 3.20. The van der Waals surface area contributed by atoms with Crippen LogP contribution >= 0.6 is 11.8 Å². The lowest BCUT2D eigenvalue weighted by Crippen LogP contribution is -2.33. The van der Waals surface area contributed by atoms with Crippen LogP contribution in [-0.2, 0) is 11.2 Å². The van der Waals surface area contributed by atoms with E-state index in [1.165, 1.54) is 0 Å². The van der Waals surface area contributed by atoms with Crippen molar-refractivity contribution in [2.75, 3.05) is 11.4 Å². The first-order chi connectivity index (χ1) is 12.5. The normalized spacial score (nSPS) is 17.2. The smallest absolute Gasteiger partial charge is 0.252 e. The SMILES string of the molecule is Cc1cc(C)n2nc(CC(=O)N3CCC(C)Sc4ccccc43)nc2n1. The van der Waals surface area contributed by atoms with Crippen LogP contribution in [0.3, 0.4) is 0 Å². The first-order valence-electron chi connectivity index (χ1n) is 8.77. The maximum atomic E-state index is 13.0. The highest BCUT2D eigenvalue weighted by atomic mass is 32.2. The van der Waals surface area contributed by atoms with Gasteiger partial charge in [0.15, 0.2) is 5.82 Å². The second-order valence-corrected chi connectivity index (χ2v) is 8.17. The Morgan fingerprint density at radius 2 is 2.08 bits per heavy atom. The van der Waals surface area contributed by atoms with Crippen LogP contribution in [0.5, 0.6) is 0 Å². The van der Waals surface area contributed by atoms with Crippen LogP contribution in [0.15, 0.2) is 35.2 Å². The van der Waals surface area contributed by atoms with Gasteiger partial charge in [0.1, 0.15) is 0 Å². The van der Waals surface area contributed by atoms with Crippen LogP contribution in [0.2, 0.25) is 0 Å². The van der Waals surface area contributed by atoms with Crippen LogP contribution < -0.4 is 4.90 Å². The molecule has 4 rings (SSSR count). The molecule has 7 heteroatoms. The lowest BCUT2D eigenvalue weighted by atomic mass is 10.2. The number of nitrogens with zero attached hydrogens (tertiary/aromatic N) is 5. The fourth-order valence-corrected chi connectivity index (χ4v) is 4.37. The number of anilines is 1. The zero-order chi connectivity index (χ0) is 18.3. The number of carbonyl (C=O) groups is 1. The summed E-state index contributed by atoms with van der Waals surface area (Å²) in [5.74, 6) is 1.09. The first-order valence-corrected chi connectivity index (χ1v) is 9.65. The summed E-state index contributed by atoms with van der Waals surface area (Å²) >= 11 is 1.83. The molecule has 1 aliphatic heterocycles. The van der Waals surface area contributed by atoms with E-state index >= 15 is 0 Å². The van der Waals surface area contributed by atoms with Crippen molar-refractivity contribution in [3.8, 4) is 0 Å². The number of rotatable bonds is 2. The van der Waals surface area contributed by atoms with Gasteiger partial charge in [-0.1, -0.05) is 19.1 Å².